The largest absolute Gasteiger partial charge is 0.348 e. The fourth-order valence-corrected chi connectivity index (χ4v) is 4.89. The number of aryl methyl sites for hydroxylation is 2. The van der Waals surface area contributed by atoms with Crippen molar-refractivity contribution in [2.75, 3.05) is 24.5 Å². The lowest BCUT2D eigenvalue weighted by atomic mass is 10.0. The minimum atomic E-state index is 0.181. The Balaban J connectivity index is 1.31. The molecular formula is C25H30N6O. The number of aromatic nitrogens is 4. The molecule has 1 fully saturated rings. The lowest BCUT2D eigenvalue weighted by Gasteiger charge is -2.30. The Labute approximate surface area is 188 Å². The van der Waals surface area contributed by atoms with Crippen molar-refractivity contribution >= 4 is 11.7 Å². The van der Waals surface area contributed by atoms with Crippen molar-refractivity contribution in [2.45, 2.75) is 51.5 Å². The van der Waals surface area contributed by atoms with Gasteiger partial charge in [0, 0.05) is 49.1 Å². The van der Waals surface area contributed by atoms with E-state index in [0.717, 1.165) is 74.0 Å². The number of nitrogens with zero attached hydrogens (tertiary/aromatic N) is 5. The summed E-state index contributed by atoms with van der Waals surface area (Å²) in [4.78, 5) is 34.5. The SMILES string of the molecule is Cc1nc([C@@H]2CCN(Cc3ncc[nH]3)C2)nc2c1CCC(=O)N2CCCc1ccccc1. The molecule has 2 aliphatic heterocycles. The van der Waals surface area contributed by atoms with Crippen LogP contribution in [-0.2, 0) is 24.2 Å². The van der Waals surface area contributed by atoms with Crippen LogP contribution in [0.5, 0.6) is 0 Å². The number of amides is 1. The molecule has 1 N–H and O–H groups in total. The van der Waals surface area contributed by atoms with Crippen LogP contribution in [0.1, 0.15) is 53.7 Å². The molecule has 0 radical (unpaired) electrons. The number of benzene rings is 1. The second-order valence-electron chi connectivity index (χ2n) is 8.86. The normalized spacial score (nSPS) is 18.8. The molecule has 7 heteroatoms. The third kappa shape index (κ3) is 4.43. The van der Waals surface area contributed by atoms with Gasteiger partial charge in [-0.3, -0.25) is 14.6 Å². The number of fused-ring (bicyclic) bond motifs is 1. The third-order valence-electron chi connectivity index (χ3n) is 6.61. The van der Waals surface area contributed by atoms with Crippen molar-refractivity contribution in [3.05, 3.63) is 71.2 Å². The van der Waals surface area contributed by atoms with Gasteiger partial charge in [0.2, 0.25) is 5.91 Å². The summed E-state index contributed by atoms with van der Waals surface area (Å²) in [5.41, 5.74) is 3.47. The van der Waals surface area contributed by atoms with E-state index in [0.29, 0.717) is 13.0 Å². The predicted octanol–water partition coefficient (Wildman–Crippen LogP) is 3.41. The van der Waals surface area contributed by atoms with Gasteiger partial charge in [-0.1, -0.05) is 30.3 Å². The van der Waals surface area contributed by atoms with E-state index in [2.05, 4.69) is 46.1 Å². The number of imidazole rings is 1. The van der Waals surface area contributed by atoms with Gasteiger partial charge >= 0.3 is 0 Å². The number of hydrogen-bond donors (Lipinski definition) is 1. The third-order valence-corrected chi connectivity index (χ3v) is 6.61. The van der Waals surface area contributed by atoms with Gasteiger partial charge in [-0.05, 0) is 44.7 Å². The van der Waals surface area contributed by atoms with Crippen LogP contribution in [0.2, 0.25) is 0 Å². The van der Waals surface area contributed by atoms with Crippen LogP contribution in [0.25, 0.3) is 0 Å². The van der Waals surface area contributed by atoms with E-state index in [9.17, 15) is 4.79 Å². The quantitative estimate of drug-likeness (QED) is 0.622. The summed E-state index contributed by atoms with van der Waals surface area (Å²) < 4.78 is 0. The van der Waals surface area contributed by atoms with Gasteiger partial charge in [-0.2, -0.15) is 0 Å². The lowest BCUT2D eigenvalue weighted by Crippen LogP contribution is -2.38. The van der Waals surface area contributed by atoms with E-state index in [1.54, 1.807) is 6.20 Å². The number of likely N-dealkylation sites (tertiary alicyclic amines) is 1. The van der Waals surface area contributed by atoms with Crippen molar-refractivity contribution in [1.29, 1.82) is 0 Å². The van der Waals surface area contributed by atoms with Crippen LogP contribution < -0.4 is 4.90 Å². The molecule has 1 saturated heterocycles. The molecule has 0 bridgehead atoms. The van der Waals surface area contributed by atoms with Gasteiger partial charge in [-0.25, -0.2) is 15.0 Å². The standard InChI is InChI=1S/C25H30N6O/c1-18-21-9-10-23(32)31(14-5-8-19-6-3-2-4-7-19)25(21)29-24(28-18)20-11-15-30(16-20)17-22-26-12-13-27-22/h2-4,6-7,12-13,20H,5,8-11,14-17H2,1H3,(H,26,27)/t20-/m1/s1. The molecule has 0 aliphatic carbocycles. The van der Waals surface area contributed by atoms with E-state index in [4.69, 9.17) is 9.97 Å². The van der Waals surface area contributed by atoms with Crippen LogP contribution >= 0.6 is 0 Å². The average Bonchev–Trinajstić information content (AvgIpc) is 3.48. The lowest BCUT2D eigenvalue weighted by molar-refractivity contribution is -0.119. The van der Waals surface area contributed by atoms with E-state index >= 15 is 0 Å². The second-order valence-corrected chi connectivity index (χ2v) is 8.86. The fourth-order valence-electron chi connectivity index (χ4n) is 4.89. The Morgan fingerprint density at radius 1 is 1.16 bits per heavy atom. The number of H-pyrrole nitrogens is 1. The number of anilines is 1. The number of aromatic amines is 1. The first kappa shape index (κ1) is 20.8. The summed E-state index contributed by atoms with van der Waals surface area (Å²) >= 11 is 0. The zero-order valence-electron chi connectivity index (χ0n) is 18.6. The molecule has 2 aromatic heterocycles. The molecule has 32 heavy (non-hydrogen) atoms. The molecule has 0 saturated carbocycles. The zero-order valence-corrected chi connectivity index (χ0v) is 18.6. The van der Waals surface area contributed by atoms with Gasteiger partial charge in [-0.15, -0.1) is 0 Å². The van der Waals surface area contributed by atoms with Gasteiger partial charge in [0.05, 0.1) is 6.54 Å². The van der Waals surface area contributed by atoms with E-state index in [-0.39, 0.29) is 11.8 Å². The highest BCUT2D eigenvalue weighted by atomic mass is 16.2. The molecule has 3 aromatic rings. The topological polar surface area (TPSA) is 78.0 Å². The molecule has 5 rings (SSSR count). The zero-order chi connectivity index (χ0) is 21.9. The number of nitrogens with one attached hydrogen (secondary N) is 1. The Morgan fingerprint density at radius 3 is 2.84 bits per heavy atom. The minimum Gasteiger partial charge on any atom is -0.348 e. The fraction of sp³-hybridized carbons (Fsp3) is 0.440. The van der Waals surface area contributed by atoms with Crippen LogP contribution in [0.4, 0.5) is 5.82 Å². The molecule has 1 aromatic carbocycles. The first-order valence-corrected chi connectivity index (χ1v) is 11.6. The van der Waals surface area contributed by atoms with Gasteiger partial charge in [0.25, 0.3) is 0 Å². The molecule has 1 amide bonds. The van der Waals surface area contributed by atoms with Crippen LogP contribution in [0, 0.1) is 6.92 Å². The van der Waals surface area contributed by atoms with Gasteiger partial charge in [0.1, 0.15) is 17.5 Å². The summed E-state index contributed by atoms with van der Waals surface area (Å²) in [6, 6.07) is 10.5. The van der Waals surface area contributed by atoms with Crippen LogP contribution in [0.3, 0.4) is 0 Å². The summed E-state index contributed by atoms with van der Waals surface area (Å²) in [6.07, 6.45) is 7.85. The Kier molecular flexibility index (Phi) is 5.99. The highest BCUT2D eigenvalue weighted by molar-refractivity contribution is 5.95. The first-order chi connectivity index (χ1) is 15.7. The van der Waals surface area contributed by atoms with Crippen molar-refractivity contribution in [3.63, 3.8) is 0 Å². The maximum atomic E-state index is 12.8. The predicted molar refractivity (Wildman–Crippen MR) is 123 cm³/mol. The Bertz CT molecular complexity index is 1070. The first-order valence-electron chi connectivity index (χ1n) is 11.6. The van der Waals surface area contributed by atoms with Crippen molar-refractivity contribution < 1.29 is 4.79 Å². The van der Waals surface area contributed by atoms with Crippen molar-refractivity contribution in [2.24, 2.45) is 0 Å². The number of hydrogen-bond acceptors (Lipinski definition) is 5. The van der Waals surface area contributed by atoms with Crippen LogP contribution in [0.15, 0.2) is 42.7 Å². The molecule has 4 heterocycles. The van der Waals surface area contributed by atoms with Crippen molar-refractivity contribution in [1.82, 2.24) is 24.8 Å². The Morgan fingerprint density at radius 2 is 2.03 bits per heavy atom. The summed E-state index contributed by atoms with van der Waals surface area (Å²) in [6.45, 7) is 5.51. The molecule has 1 atom stereocenters. The monoisotopic (exact) mass is 430 g/mol. The van der Waals surface area contributed by atoms with Gasteiger partial charge < -0.3 is 4.98 Å². The Hall–Kier alpha value is -3.06. The van der Waals surface area contributed by atoms with Crippen LogP contribution in [-0.4, -0.2) is 50.4 Å². The molecular weight excluding hydrogens is 400 g/mol. The number of rotatable bonds is 7. The van der Waals surface area contributed by atoms with E-state index in [1.165, 1.54) is 5.56 Å². The van der Waals surface area contributed by atoms with Gasteiger partial charge in [0.15, 0.2) is 0 Å². The van der Waals surface area contributed by atoms with Crippen molar-refractivity contribution in [3.8, 4) is 0 Å². The average molecular weight is 431 g/mol. The minimum absolute atomic E-state index is 0.181. The van der Waals surface area contributed by atoms with E-state index < -0.39 is 0 Å². The summed E-state index contributed by atoms with van der Waals surface area (Å²) in [5.74, 6) is 3.19. The smallest absolute Gasteiger partial charge is 0.228 e. The highest BCUT2D eigenvalue weighted by Gasteiger charge is 2.31. The highest BCUT2D eigenvalue weighted by Crippen LogP contribution is 2.32. The molecule has 166 valence electrons. The van der Waals surface area contributed by atoms with E-state index in [1.807, 2.05) is 17.2 Å². The number of carbonyl (C=O) groups excluding carboxylic acids is 1. The maximum Gasteiger partial charge on any atom is 0.228 e. The summed E-state index contributed by atoms with van der Waals surface area (Å²) in [5, 5.41) is 0. The summed E-state index contributed by atoms with van der Waals surface area (Å²) in [7, 11) is 0. The number of carbonyl (C=O) groups is 1. The molecule has 7 nitrogen and oxygen atoms in total. The molecule has 0 unspecified atom stereocenters. The maximum absolute atomic E-state index is 12.8. The second kappa shape index (κ2) is 9.20. The molecule has 2 aliphatic rings. The molecule has 0 spiro atoms.